The quantitative estimate of drug-likeness (QED) is 0.534. The lowest BCUT2D eigenvalue weighted by atomic mass is 10.1. The normalized spacial score (nSPS) is 10.6. The number of aldehydes is 1. The van der Waals surface area contributed by atoms with Gasteiger partial charge < -0.3 is 4.74 Å². The third kappa shape index (κ3) is 3.34. The van der Waals surface area contributed by atoms with Crippen LogP contribution in [0.25, 0.3) is 10.8 Å². The van der Waals surface area contributed by atoms with Crippen LogP contribution in [0.1, 0.15) is 43.0 Å². The number of ether oxygens (including phenoxy) is 1. The Labute approximate surface area is 114 Å². The van der Waals surface area contributed by atoms with Gasteiger partial charge in [0.05, 0.1) is 12.2 Å². The molecule has 0 heterocycles. The monoisotopic (exact) mass is 256 g/mol. The van der Waals surface area contributed by atoms with Gasteiger partial charge in [0.15, 0.2) is 6.29 Å². The molecule has 2 aromatic carbocycles. The maximum Gasteiger partial charge on any atom is 0.153 e. The summed E-state index contributed by atoms with van der Waals surface area (Å²) in [6, 6.07) is 11.8. The Kier molecular flexibility index (Phi) is 4.96. The first-order valence-corrected chi connectivity index (χ1v) is 6.96. The molecule has 0 fully saturated rings. The van der Waals surface area contributed by atoms with Gasteiger partial charge in [0, 0.05) is 5.39 Å². The molecule has 0 N–H and O–H groups in total. The largest absolute Gasteiger partial charge is 0.492 e. The van der Waals surface area contributed by atoms with Crippen LogP contribution < -0.4 is 4.74 Å². The molecule has 0 radical (unpaired) electrons. The van der Waals surface area contributed by atoms with E-state index in [9.17, 15) is 4.79 Å². The molecule has 2 rings (SSSR count). The van der Waals surface area contributed by atoms with E-state index in [1.807, 2.05) is 36.4 Å². The van der Waals surface area contributed by atoms with E-state index in [0.717, 1.165) is 29.2 Å². The van der Waals surface area contributed by atoms with Gasteiger partial charge in [-0.25, -0.2) is 0 Å². The number of benzene rings is 2. The van der Waals surface area contributed by atoms with E-state index < -0.39 is 0 Å². The molecule has 0 aliphatic carbocycles. The minimum atomic E-state index is 0.634. The molecule has 0 atom stereocenters. The molecule has 2 heteroatoms. The summed E-state index contributed by atoms with van der Waals surface area (Å²) in [6.07, 6.45) is 5.54. The number of unbranched alkanes of at least 4 members (excludes halogenated alkanes) is 3. The topological polar surface area (TPSA) is 26.3 Å². The standard InChI is InChI=1S/C17H20O2/c1-2-3-4-7-12-19-17-15(13-18)11-10-14-8-5-6-9-16(14)17/h5-6,8-11,13H,2-4,7,12H2,1H3. The number of hydrogen-bond donors (Lipinski definition) is 0. The van der Waals surface area contributed by atoms with Gasteiger partial charge in [0.2, 0.25) is 0 Å². The Bertz CT molecular complexity index is 546. The van der Waals surface area contributed by atoms with Crippen LogP contribution in [0.4, 0.5) is 0 Å². The van der Waals surface area contributed by atoms with Crippen LogP contribution in [0, 0.1) is 0 Å². The highest BCUT2D eigenvalue weighted by molar-refractivity contribution is 5.96. The molecule has 0 saturated carbocycles. The van der Waals surface area contributed by atoms with Crippen molar-refractivity contribution in [1.82, 2.24) is 0 Å². The van der Waals surface area contributed by atoms with E-state index >= 15 is 0 Å². The Balaban J connectivity index is 2.17. The first kappa shape index (κ1) is 13.6. The van der Waals surface area contributed by atoms with Gasteiger partial charge >= 0.3 is 0 Å². The smallest absolute Gasteiger partial charge is 0.153 e. The molecule has 0 aliphatic heterocycles. The average molecular weight is 256 g/mol. The molecule has 0 aliphatic rings. The van der Waals surface area contributed by atoms with E-state index in [1.54, 1.807) is 0 Å². The van der Waals surface area contributed by atoms with Crippen LogP contribution in [0.3, 0.4) is 0 Å². The van der Waals surface area contributed by atoms with E-state index in [-0.39, 0.29) is 0 Å². The summed E-state index contributed by atoms with van der Waals surface area (Å²) < 4.78 is 5.86. The first-order chi connectivity index (χ1) is 9.36. The molecule has 0 bridgehead atoms. The van der Waals surface area contributed by atoms with Crippen LogP contribution >= 0.6 is 0 Å². The molecular weight excluding hydrogens is 236 g/mol. The summed E-state index contributed by atoms with van der Waals surface area (Å²) >= 11 is 0. The zero-order valence-electron chi connectivity index (χ0n) is 11.4. The van der Waals surface area contributed by atoms with Crippen LogP contribution in [-0.2, 0) is 0 Å². The fraction of sp³-hybridized carbons (Fsp3) is 0.353. The molecule has 0 amide bonds. The zero-order valence-corrected chi connectivity index (χ0v) is 11.4. The molecule has 19 heavy (non-hydrogen) atoms. The van der Waals surface area contributed by atoms with Crippen LogP contribution in [0.2, 0.25) is 0 Å². The van der Waals surface area contributed by atoms with Crippen molar-refractivity contribution in [3.8, 4) is 5.75 Å². The second-order valence-corrected chi connectivity index (χ2v) is 4.73. The predicted molar refractivity (Wildman–Crippen MR) is 79.0 cm³/mol. The third-order valence-electron chi connectivity index (χ3n) is 3.28. The second-order valence-electron chi connectivity index (χ2n) is 4.73. The molecule has 0 unspecified atom stereocenters. The van der Waals surface area contributed by atoms with Gasteiger partial charge in [-0.15, -0.1) is 0 Å². The van der Waals surface area contributed by atoms with Gasteiger partial charge in [-0.1, -0.05) is 56.5 Å². The van der Waals surface area contributed by atoms with Crippen molar-refractivity contribution in [3.05, 3.63) is 42.0 Å². The lowest BCUT2D eigenvalue weighted by molar-refractivity contribution is 0.111. The van der Waals surface area contributed by atoms with Crippen molar-refractivity contribution < 1.29 is 9.53 Å². The molecular formula is C17H20O2. The maximum atomic E-state index is 11.1. The van der Waals surface area contributed by atoms with Crippen LogP contribution in [-0.4, -0.2) is 12.9 Å². The van der Waals surface area contributed by atoms with Crippen molar-refractivity contribution in [2.75, 3.05) is 6.61 Å². The number of fused-ring (bicyclic) bond motifs is 1. The Morgan fingerprint density at radius 2 is 1.89 bits per heavy atom. The second kappa shape index (κ2) is 6.93. The van der Waals surface area contributed by atoms with E-state index in [1.165, 1.54) is 19.3 Å². The van der Waals surface area contributed by atoms with Crippen LogP contribution in [0.5, 0.6) is 5.75 Å². The molecule has 0 spiro atoms. The third-order valence-corrected chi connectivity index (χ3v) is 3.28. The number of carbonyl (C=O) groups excluding carboxylic acids is 1. The SMILES string of the molecule is CCCCCCOc1c(C=O)ccc2ccccc12. The van der Waals surface area contributed by atoms with Crippen LogP contribution in [0.15, 0.2) is 36.4 Å². The Morgan fingerprint density at radius 3 is 2.68 bits per heavy atom. The van der Waals surface area contributed by atoms with Crippen molar-refractivity contribution in [2.45, 2.75) is 32.6 Å². The summed E-state index contributed by atoms with van der Waals surface area (Å²) in [5.74, 6) is 0.726. The lowest BCUT2D eigenvalue weighted by Gasteiger charge is -2.11. The average Bonchev–Trinajstić information content (AvgIpc) is 2.47. The summed E-state index contributed by atoms with van der Waals surface area (Å²) in [5.41, 5.74) is 0.634. The first-order valence-electron chi connectivity index (χ1n) is 6.96. The summed E-state index contributed by atoms with van der Waals surface area (Å²) in [7, 11) is 0. The highest BCUT2D eigenvalue weighted by Crippen LogP contribution is 2.29. The summed E-state index contributed by atoms with van der Waals surface area (Å²) in [4.78, 5) is 11.1. The molecule has 2 nitrogen and oxygen atoms in total. The molecule has 0 saturated heterocycles. The highest BCUT2D eigenvalue weighted by Gasteiger charge is 2.07. The van der Waals surface area contributed by atoms with E-state index in [0.29, 0.717) is 12.2 Å². The van der Waals surface area contributed by atoms with E-state index in [2.05, 4.69) is 6.92 Å². The fourth-order valence-electron chi connectivity index (χ4n) is 2.22. The van der Waals surface area contributed by atoms with Crippen molar-refractivity contribution in [3.63, 3.8) is 0 Å². The number of rotatable bonds is 7. The van der Waals surface area contributed by atoms with Gasteiger partial charge in [-0.2, -0.15) is 0 Å². The molecule has 100 valence electrons. The van der Waals surface area contributed by atoms with Gasteiger partial charge in [0.25, 0.3) is 0 Å². The van der Waals surface area contributed by atoms with Crippen molar-refractivity contribution in [1.29, 1.82) is 0 Å². The minimum Gasteiger partial charge on any atom is -0.492 e. The van der Waals surface area contributed by atoms with Gasteiger partial charge in [-0.3, -0.25) is 4.79 Å². The van der Waals surface area contributed by atoms with Crippen molar-refractivity contribution in [2.24, 2.45) is 0 Å². The lowest BCUT2D eigenvalue weighted by Crippen LogP contribution is -2.00. The Morgan fingerprint density at radius 1 is 1.05 bits per heavy atom. The predicted octanol–water partition coefficient (Wildman–Crippen LogP) is 4.61. The number of carbonyl (C=O) groups is 1. The maximum absolute atomic E-state index is 11.1. The zero-order chi connectivity index (χ0) is 13.5. The van der Waals surface area contributed by atoms with Gasteiger partial charge in [-0.05, 0) is 17.9 Å². The Hall–Kier alpha value is -1.83. The number of hydrogen-bond acceptors (Lipinski definition) is 2. The summed E-state index contributed by atoms with van der Waals surface area (Å²) in [6.45, 7) is 2.87. The molecule has 2 aromatic rings. The summed E-state index contributed by atoms with van der Waals surface area (Å²) in [5, 5.41) is 2.12. The van der Waals surface area contributed by atoms with Gasteiger partial charge in [0.1, 0.15) is 5.75 Å². The van der Waals surface area contributed by atoms with Crippen molar-refractivity contribution >= 4 is 17.1 Å². The van der Waals surface area contributed by atoms with E-state index in [4.69, 9.17) is 4.74 Å². The highest BCUT2D eigenvalue weighted by atomic mass is 16.5. The molecule has 0 aromatic heterocycles. The minimum absolute atomic E-state index is 0.634. The fourth-order valence-corrected chi connectivity index (χ4v) is 2.22.